The first-order valence-electron chi connectivity index (χ1n) is 7.59. The molecule has 132 valence electrons. The second kappa shape index (κ2) is 8.80. The Bertz CT molecular complexity index is 765. The second-order valence-corrected chi connectivity index (χ2v) is 6.70. The average Bonchev–Trinajstić information content (AvgIpc) is 2.56. The van der Waals surface area contributed by atoms with Gasteiger partial charge in [-0.15, -0.1) is 0 Å². The first-order valence-corrected chi connectivity index (χ1v) is 8.67. The quantitative estimate of drug-likeness (QED) is 0.629. The average molecular weight is 456 g/mol. The van der Waals surface area contributed by atoms with Gasteiger partial charge in [-0.05, 0) is 71.0 Å². The first-order chi connectivity index (χ1) is 11.8. The zero-order valence-corrected chi connectivity index (χ0v) is 15.7. The van der Waals surface area contributed by atoms with E-state index in [0.717, 1.165) is 14.7 Å². The third-order valence-electron chi connectivity index (χ3n) is 3.49. The van der Waals surface area contributed by atoms with Gasteiger partial charge in [0, 0.05) is 3.57 Å². The number of nitrogens with two attached hydrogens (primary N) is 1. The molecule has 0 fully saturated rings. The molecule has 2 rings (SSSR count). The number of nitrogens with one attached hydrogen (secondary N) is 1. The first kappa shape index (κ1) is 19.2. The molecule has 0 spiro atoms. The van der Waals surface area contributed by atoms with Crippen molar-refractivity contribution < 1.29 is 18.7 Å². The minimum Gasteiger partial charge on any atom is -0.489 e. The van der Waals surface area contributed by atoms with Crippen LogP contribution in [-0.2, 0) is 22.6 Å². The molecule has 0 heterocycles. The lowest BCUT2D eigenvalue weighted by Crippen LogP contribution is -2.42. The monoisotopic (exact) mass is 456 g/mol. The van der Waals surface area contributed by atoms with E-state index < -0.39 is 11.9 Å². The van der Waals surface area contributed by atoms with E-state index in [1.165, 1.54) is 19.1 Å². The van der Waals surface area contributed by atoms with E-state index in [4.69, 9.17) is 10.5 Å². The Balaban J connectivity index is 2.00. The van der Waals surface area contributed by atoms with Crippen LogP contribution < -0.4 is 15.8 Å². The topological polar surface area (TPSA) is 81.4 Å². The maximum absolute atomic E-state index is 12.9. The number of rotatable bonds is 7. The molecule has 25 heavy (non-hydrogen) atoms. The zero-order chi connectivity index (χ0) is 18.4. The standard InChI is InChI=1S/C18H18FIN2O3/c1-11(18(21)24)22-17(23)9-13-8-15(6-7-16(13)20)25-10-12-2-4-14(19)5-3-12/h2-8,11H,9-10H2,1H3,(H2,21,24)(H,22,23)/t11-/m1/s1. The van der Waals surface area contributed by atoms with Gasteiger partial charge in [-0.2, -0.15) is 0 Å². The fourth-order valence-electron chi connectivity index (χ4n) is 2.06. The zero-order valence-electron chi connectivity index (χ0n) is 13.6. The van der Waals surface area contributed by atoms with Crippen molar-refractivity contribution in [1.82, 2.24) is 5.32 Å². The third-order valence-corrected chi connectivity index (χ3v) is 4.54. The Hall–Kier alpha value is -2.16. The minimum atomic E-state index is -0.719. The van der Waals surface area contributed by atoms with E-state index in [9.17, 15) is 14.0 Å². The van der Waals surface area contributed by atoms with Crippen LogP contribution in [0.1, 0.15) is 18.1 Å². The molecule has 0 saturated heterocycles. The van der Waals surface area contributed by atoms with Crippen LogP contribution in [-0.4, -0.2) is 17.9 Å². The van der Waals surface area contributed by atoms with Crippen molar-refractivity contribution in [2.45, 2.75) is 26.0 Å². The van der Waals surface area contributed by atoms with Gasteiger partial charge in [-0.25, -0.2) is 4.39 Å². The van der Waals surface area contributed by atoms with Crippen molar-refractivity contribution in [2.24, 2.45) is 5.73 Å². The summed E-state index contributed by atoms with van der Waals surface area (Å²) in [5.41, 5.74) is 6.76. The molecular formula is C18H18FIN2O3. The predicted molar refractivity (Wildman–Crippen MR) is 100 cm³/mol. The lowest BCUT2D eigenvalue weighted by atomic mass is 10.1. The molecule has 3 N–H and O–H groups in total. The summed E-state index contributed by atoms with van der Waals surface area (Å²) in [5.74, 6) is -0.564. The van der Waals surface area contributed by atoms with E-state index in [1.807, 2.05) is 6.07 Å². The van der Waals surface area contributed by atoms with Crippen LogP contribution in [0.2, 0.25) is 0 Å². The van der Waals surface area contributed by atoms with Crippen LogP contribution in [0.25, 0.3) is 0 Å². The molecule has 1 atom stereocenters. The molecule has 0 aliphatic carbocycles. The molecule has 2 aromatic rings. The number of hydrogen-bond donors (Lipinski definition) is 2. The third kappa shape index (κ3) is 6.00. The number of primary amides is 1. The Labute approximate surface area is 158 Å². The summed E-state index contributed by atoms with van der Waals surface area (Å²) in [6.07, 6.45) is 0.115. The highest BCUT2D eigenvalue weighted by atomic mass is 127. The van der Waals surface area contributed by atoms with Gasteiger partial charge in [0.2, 0.25) is 11.8 Å². The van der Waals surface area contributed by atoms with Crippen molar-refractivity contribution >= 4 is 34.4 Å². The summed E-state index contributed by atoms with van der Waals surface area (Å²) in [5, 5.41) is 2.54. The van der Waals surface area contributed by atoms with Gasteiger partial charge in [-0.1, -0.05) is 12.1 Å². The summed E-state index contributed by atoms with van der Waals surface area (Å²) < 4.78 is 19.5. The van der Waals surface area contributed by atoms with Gasteiger partial charge in [0.1, 0.15) is 24.2 Å². The van der Waals surface area contributed by atoms with Crippen LogP contribution in [0.3, 0.4) is 0 Å². The molecule has 2 amide bonds. The smallest absolute Gasteiger partial charge is 0.239 e. The molecular weight excluding hydrogens is 438 g/mol. The maximum Gasteiger partial charge on any atom is 0.239 e. The largest absolute Gasteiger partial charge is 0.489 e. The van der Waals surface area contributed by atoms with Crippen LogP contribution in [0.5, 0.6) is 5.75 Å². The van der Waals surface area contributed by atoms with E-state index in [-0.39, 0.29) is 18.1 Å². The normalized spacial score (nSPS) is 11.6. The molecule has 0 aliphatic rings. The molecule has 0 aromatic heterocycles. The van der Waals surface area contributed by atoms with Crippen molar-refractivity contribution in [3.05, 3.63) is 63.0 Å². The molecule has 0 aliphatic heterocycles. The Morgan fingerprint density at radius 1 is 1.24 bits per heavy atom. The number of carbonyl (C=O) groups excluding carboxylic acids is 2. The molecule has 5 nitrogen and oxygen atoms in total. The lowest BCUT2D eigenvalue weighted by Gasteiger charge is -2.12. The molecule has 0 unspecified atom stereocenters. The van der Waals surface area contributed by atoms with E-state index in [2.05, 4.69) is 27.9 Å². The van der Waals surface area contributed by atoms with Gasteiger partial charge in [0.05, 0.1) is 6.42 Å². The van der Waals surface area contributed by atoms with Crippen molar-refractivity contribution in [3.8, 4) is 5.75 Å². The van der Waals surface area contributed by atoms with Crippen LogP contribution in [0.15, 0.2) is 42.5 Å². The maximum atomic E-state index is 12.9. The SMILES string of the molecule is C[C@@H](NC(=O)Cc1cc(OCc2ccc(F)cc2)ccc1I)C(N)=O. The number of benzene rings is 2. The fourth-order valence-corrected chi connectivity index (χ4v) is 2.59. The highest BCUT2D eigenvalue weighted by molar-refractivity contribution is 14.1. The van der Waals surface area contributed by atoms with Gasteiger partial charge in [0.15, 0.2) is 0 Å². The summed E-state index contributed by atoms with van der Waals surface area (Å²) in [6, 6.07) is 10.8. The summed E-state index contributed by atoms with van der Waals surface area (Å²) in [7, 11) is 0. The van der Waals surface area contributed by atoms with E-state index in [0.29, 0.717) is 12.4 Å². The number of hydrogen-bond acceptors (Lipinski definition) is 3. The number of ether oxygens (including phenoxy) is 1. The van der Waals surface area contributed by atoms with E-state index >= 15 is 0 Å². The Kier molecular flexibility index (Phi) is 6.74. The van der Waals surface area contributed by atoms with Crippen molar-refractivity contribution in [1.29, 1.82) is 0 Å². The van der Waals surface area contributed by atoms with Crippen LogP contribution in [0, 0.1) is 9.39 Å². The van der Waals surface area contributed by atoms with Crippen molar-refractivity contribution in [2.75, 3.05) is 0 Å². The molecule has 0 bridgehead atoms. The van der Waals surface area contributed by atoms with Gasteiger partial charge < -0.3 is 15.8 Å². The lowest BCUT2D eigenvalue weighted by molar-refractivity contribution is -0.126. The van der Waals surface area contributed by atoms with Gasteiger partial charge >= 0.3 is 0 Å². The van der Waals surface area contributed by atoms with E-state index in [1.54, 1.807) is 24.3 Å². The Morgan fingerprint density at radius 3 is 2.56 bits per heavy atom. The summed E-state index contributed by atoms with van der Waals surface area (Å²) >= 11 is 2.13. The highest BCUT2D eigenvalue weighted by Gasteiger charge is 2.14. The van der Waals surface area contributed by atoms with Crippen LogP contribution >= 0.6 is 22.6 Å². The Morgan fingerprint density at radius 2 is 1.92 bits per heavy atom. The minimum absolute atomic E-state index is 0.115. The summed E-state index contributed by atoms with van der Waals surface area (Å²) in [6.45, 7) is 1.83. The molecule has 2 aromatic carbocycles. The van der Waals surface area contributed by atoms with Gasteiger partial charge in [-0.3, -0.25) is 9.59 Å². The molecule has 0 saturated carbocycles. The van der Waals surface area contributed by atoms with Crippen molar-refractivity contribution in [3.63, 3.8) is 0 Å². The molecule has 7 heteroatoms. The number of carbonyl (C=O) groups is 2. The van der Waals surface area contributed by atoms with Crippen LogP contribution in [0.4, 0.5) is 4.39 Å². The number of amides is 2. The molecule has 0 radical (unpaired) electrons. The van der Waals surface area contributed by atoms with Gasteiger partial charge in [0.25, 0.3) is 0 Å². The highest BCUT2D eigenvalue weighted by Crippen LogP contribution is 2.21. The summed E-state index contributed by atoms with van der Waals surface area (Å²) in [4.78, 5) is 23.0. The number of halogens is 2. The second-order valence-electron chi connectivity index (χ2n) is 5.54. The fraction of sp³-hybridized carbons (Fsp3) is 0.222. The predicted octanol–water partition coefficient (Wildman–Crippen LogP) is 2.54.